The van der Waals surface area contributed by atoms with E-state index in [4.69, 9.17) is 5.73 Å². The SMILES string of the molecule is NCC#Cc1cc(C(=O)NCc2nn[nH]n2)cs1. The molecule has 18 heavy (non-hydrogen) atoms. The molecule has 0 aromatic carbocycles. The predicted molar refractivity (Wildman–Crippen MR) is 65.6 cm³/mol. The minimum atomic E-state index is -0.197. The zero-order valence-electron chi connectivity index (χ0n) is 9.30. The topological polar surface area (TPSA) is 110 Å². The van der Waals surface area contributed by atoms with Gasteiger partial charge in [0.25, 0.3) is 5.91 Å². The number of thiophene rings is 1. The number of nitrogens with zero attached hydrogens (tertiary/aromatic N) is 3. The van der Waals surface area contributed by atoms with Crippen LogP contribution < -0.4 is 11.1 Å². The van der Waals surface area contributed by atoms with E-state index in [0.717, 1.165) is 4.88 Å². The summed E-state index contributed by atoms with van der Waals surface area (Å²) < 4.78 is 0. The van der Waals surface area contributed by atoms with Gasteiger partial charge >= 0.3 is 0 Å². The number of aromatic nitrogens is 4. The van der Waals surface area contributed by atoms with E-state index in [1.165, 1.54) is 11.3 Å². The van der Waals surface area contributed by atoms with Crippen molar-refractivity contribution in [2.75, 3.05) is 6.54 Å². The second kappa shape index (κ2) is 5.90. The normalized spacial score (nSPS) is 9.61. The molecule has 0 aliphatic rings. The number of H-pyrrole nitrogens is 1. The van der Waals surface area contributed by atoms with Crippen molar-refractivity contribution in [1.29, 1.82) is 0 Å². The van der Waals surface area contributed by atoms with Gasteiger partial charge in [-0.25, -0.2) is 0 Å². The van der Waals surface area contributed by atoms with Crippen molar-refractivity contribution in [1.82, 2.24) is 25.9 Å². The van der Waals surface area contributed by atoms with Crippen LogP contribution in [0.2, 0.25) is 0 Å². The Balaban J connectivity index is 1.94. The zero-order valence-corrected chi connectivity index (χ0v) is 10.1. The average molecular weight is 262 g/mol. The second-order valence-electron chi connectivity index (χ2n) is 3.22. The van der Waals surface area contributed by atoms with Crippen LogP contribution in [0, 0.1) is 11.8 Å². The van der Waals surface area contributed by atoms with Crippen LogP contribution in [0.1, 0.15) is 21.1 Å². The Hall–Kier alpha value is -2.24. The van der Waals surface area contributed by atoms with E-state index >= 15 is 0 Å². The van der Waals surface area contributed by atoms with Crippen molar-refractivity contribution in [3.63, 3.8) is 0 Å². The number of carbonyl (C=O) groups excluding carboxylic acids is 1. The number of aromatic amines is 1. The van der Waals surface area contributed by atoms with Crippen molar-refractivity contribution < 1.29 is 4.79 Å². The van der Waals surface area contributed by atoms with Gasteiger partial charge in [-0.15, -0.1) is 21.5 Å². The van der Waals surface area contributed by atoms with Gasteiger partial charge in [-0.2, -0.15) is 5.21 Å². The van der Waals surface area contributed by atoms with Crippen LogP contribution in [0.15, 0.2) is 11.4 Å². The first-order valence-electron chi connectivity index (χ1n) is 5.07. The predicted octanol–water partition coefficient (Wildman–Crippen LogP) is -0.499. The Bertz CT molecular complexity index is 579. The number of amides is 1. The monoisotopic (exact) mass is 262 g/mol. The van der Waals surface area contributed by atoms with Gasteiger partial charge in [0.1, 0.15) is 0 Å². The lowest BCUT2D eigenvalue weighted by Crippen LogP contribution is -2.22. The fourth-order valence-electron chi connectivity index (χ4n) is 1.18. The highest BCUT2D eigenvalue weighted by molar-refractivity contribution is 7.10. The van der Waals surface area contributed by atoms with E-state index in [1.54, 1.807) is 11.4 Å². The van der Waals surface area contributed by atoms with Crippen LogP contribution in [-0.2, 0) is 6.54 Å². The van der Waals surface area contributed by atoms with Crippen LogP contribution >= 0.6 is 11.3 Å². The summed E-state index contributed by atoms with van der Waals surface area (Å²) in [5.74, 6) is 5.84. The van der Waals surface area contributed by atoms with Gasteiger partial charge in [-0.3, -0.25) is 4.79 Å². The maximum absolute atomic E-state index is 11.8. The minimum absolute atomic E-state index is 0.197. The molecule has 1 amide bonds. The molecular weight excluding hydrogens is 252 g/mol. The minimum Gasteiger partial charge on any atom is -0.345 e. The van der Waals surface area contributed by atoms with Gasteiger partial charge in [-0.05, 0) is 6.07 Å². The number of carbonyl (C=O) groups is 1. The number of hydrogen-bond acceptors (Lipinski definition) is 6. The van der Waals surface area contributed by atoms with Crippen molar-refractivity contribution in [3.8, 4) is 11.8 Å². The third kappa shape index (κ3) is 3.13. The number of nitrogens with two attached hydrogens (primary N) is 1. The molecule has 2 aromatic rings. The first kappa shape index (κ1) is 12.2. The highest BCUT2D eigenvalue weighted by Gasteiger charge is 2.08. The lowest BCUT2D eigenvalue weighted by atomic mass is 10.3. The Morgan fingerprint density at radius 2 is 2.50 bits per heavy atom. The van der Waals surface area contributed by atoms with E-state index < -0.39 is 0 Å². The Kier molecular flexibility index (Phi) is 4.01. The molecule has 0 aliphatic heterocycles. The van der Waals surface area contributed by atoms with E-state index in [-0.39, 0.29) is 12.5 Å². The van der Waals surface area contributed by atoms with Gasteiger partial charge in [0.15, 0.2) is 5.82 Å². The highest BCUT2D eigenvalue weighted by atomic mass is 32.1. The van der Waals surface area contributed by atoms with Crippen LogP contribution in [0.5, 0.6) is 0 Å². The summed E-state index contributed by atoms with van der Waals surface area (Å²) in [6.45, 7) is 0.534. The van der Waals surface area contributed by atoms with Crippen molar-refractivity contribution in [2.24, 2.45) is 5.73 Å². The Labute approximate surface area is 107 Å². The highest BCUT2D eigenvalue weighted by Crippen LogP contribution is 2.13. The van der Waals surface area contributed by atoms with Crippen molar-refractivity contribution >= 4 is 17.2 Å². The molecule has 0 saturated heterocycles. The summed E-state index contributed by atoms with van der Waals surface area (Å²) in [6.07, 6.45) is 0. The molecule has 2 heterocycles. The van der Waals surface area contributed by atoms with Gasteiger partial charge in [0.05, 0.1) is 23.5 Å². The van der Waals surface area contributed by atoms with E-state index in [2.05, 4.69) is 37.8 Å². The molecule has 0 atom stereocenters. The molecular formula is C10H10N6OS. The standard InChI is InChI=1S/C10H10N6OS/c11-3-1-2-8-4-7(6-18-8)10(17)12-5-9-13-15-16-14-9/h4,6H,3,5,11H2,(H,12,17)(H,13,14,15,16). The van der Waals surface area contributed by atoms with Crippen LogP contribution in [-0.4, -0.2) is 33.1 Å². The number of tetrazole rings is 1. The van der Waals surface area contributed by atoms with E-state index in [0.29, 0.717) is 17.9 Å². The summed E-state index contributed by atoms with van der Waals surface area (Å²) >= 11 is 1.40. The lowest BCUT2D eigenvalue weighted by molar-refractivity contribution is 0.0950. The van der Waals surface area contributed by atoms with Gasteiger partial charge in [0.2, 0.25) is 0 Å². The van der Waals surface area contributed by atoms with Crippen molar-refractivity contribution in [3.05, 3.63) is 27.7 Å². The van der Waals surface area contributed by atoms with E-state index in [1.807, 2.05) is 0 Å². The summed E-state index contributed by atoms with van der Waals surface area (Å²) in [5.41, 5.74) is 5.83. The summed E-state index contributed by atoms with van der Waals surface area (Å²) in [5, 5.41) is 17.6. The zero-order chi connectivity index (χ0) is 12.8. The molecule has 4 N–H and O–H groups in total. The maximum atomic E-state index is 11.8. The van der Waals surface area contributed by atoms with Gasteiger partial charge in [0, 0.05) is 5.38 Å². The Morgan fingerprint density at radius 3 is 3.22 bits per heavy atom. The first-order valence-corrected chi connectivity index (χ1v) is 5.95. The van der Waals surface area contributed by atoms with Gasteiger partial charge in [-0.1, -0.05) is 17.1 Å². The number of rotatable bonds is 3. The molecule has 0 spiro atoms. The van der Waals surface area contributed by atoms with Crippen LogP contribution in [0.4, 0.5) is 0 Å². The van der Waals surface area contributed by atoms with Crippen molar-refractivity contribution in [2.45, 2.75) is 6.54 Å². The molecule has 8 heteroatoms. The molecule has 2 rings (SSSR count). The molecule has 0 fully saturated rings. The maximum Gasteiger partial charge on any atom is 0.252 e. The smallest absolute Gasteiger partial charge is 0.252 e. The van der Waals surface area contributed by atoms with Crippen LogP contribution in [0.3, 0.4) is 0 Å². The summed E-state index contributed by atoms with van der Waals surface area (Å²) in [4.78, 5) is 12.6. The second-order valence-corrected chi connectivity index (χ2v) is 4.13. The fraction of sp³-hybridized carbons (Fsp3) is 0.200. The largest absolute Gasteiger partial charge is 0.345 e. The van der Waals surface area contributed by atoms with Gasteiger partial charge < -0.3 is 11.1 Å². The molecule has 2 aromatic heterocycles. The Morgan fingerprint density at radius 1 is 1.61 bits per heavy atom. The molecule has 0 bridgehead atoms. The molecule has 92 valence electrons. The summed E-state index contributed by atoms with van der Waals surface area (Å²) in [6, 6.07) is 1.72. The third-order valence-corrected chi connectivity index (χ3v) is 2.82. The molecule has 0 radical (unpaired) electrons. The van der Waals surface area contributed by atoms with E-state index in [9.17, 15) is 4.79 Å². The average Bonchev–Trinajstić information content (AvgIpc) is 3.04. The number of hydrogen-bond donors (Lipinski definition) is 3. The third-order valence-electron chi connectivity index (χ3n) is 1.97. The molecule has 7 nitrogen and oxygen atoms in total. The first-order chi connectivity index (χ1) is 8.79. The lowest BCUT2D eigenvalue weighted by Gasteiger charge is -1.98. The summed E-state index contributed by atoms with van der Waals surface area (Å²) in [7, 11) is 0. The number of nitrogens with one attached hydrogen (secondary N) is 2. The van der Waals surface area contributed by atoms with Crippen LogP contribution in [0.25, 0.3) is 0 Å². The molecule has 0 unspecified atom stereocenters. The molecule has 0 aliphatic carbocycles. The fourth-order valence-corrected chi connectivity index (χ4v) is 1.93. The quantitative estimate of drug-likeness (QED) is 0.646. The molecule has 0 saturated carbocycles.